The molecule has 2 unspecified atom stereocenters. The molecule has 1 amide bonds. The van der Waals surface area contributed by atoms with Gasteiger partial charge in [0.05, 0.1) is 17.4 Å². The minimum Gasteiger partial charge on any atom is -0.393 e. The van der Waals surface area contributed by atoms with Gasteiger partial charge in [0.2, 0.25) is 0 Å². The standard InChI is InChI=1S/C14H20N2O2/c1-9-4-5-13(10(2)15-9)14(18)16-7-6-12(8-16)11(3)17/h4-5,11-12,17H,6-8H2,1-3H3. The summed E-state index contributed by atoms with van der Waals surface area (Å²) in [5, 5.41) is 9.56. The van der Waals surface area contributed by atoms with Crippen LogP contribution in [0.5, 0.6) is 0 Å². The molecule has 1 aliphatic rings. The third-order valence-electron chi connectivity index (χ3n) is 3.65. The third kappa shape index (κ3) is 2.53. The molecule has 2 atom stereocenters. The highest BCUT2D eigenvalue weighted by Crippen LogP contribution is 2.22. The monoisotopic (exact) mass is 248 g/mol. The molecule has 1 saturated heterocycles. The van der Waals surface area contributed by atoms with Crippen LogP contribution in [-0.4, -0.2) is 40.1 Å². The van der Waals surface area contributed by atoms with Gasteiger partial charge in [-0.2, -0.15) is 0 Å². The number of carbonyl (C=O) groups is 1. The molecular formula is C14H20N2O2. The first-order chi connectivity index (χ1) is 8.49. The normalized spacial score (nSPS) is 21.1. The Bertz CT molecular complexity index is 457. The van der Waals surface area contributed by atoms with Gasteiger partial charge < -0.3 is 10.0 Å². The van der Waals surface area contributed by atoms with Crippen molar-refractivity contribution in [3.05, 3.63) is 29.1 Å². The minimum atomic E-state index is -0.347. The van der Waals surface area contributed by atoms with Crippen LogP contribution in [0.1, 0.15) is 35.1 Å². The Morgan fingerprint density at radius 1 is 1.50 bits per heavy atom. The van der Waals surface area contributed by atoms with Gasteiger partial charge in [0, 0.05) is 24.7 Å². The number of aryl methyl sites for hydroxylation is 2. The highest BCUT2D eigenvalue weighted by atomic mass is 16.3. The van der Waals surface area contributed by atoms with Gasteiger partial charge >= 0.3 is 0 Å². The molecule has 0 radical (unpaired) electrons. The van der Waals surface area contributed by atoms with E-state index < -0.39 is 0 Å². The fourth-order valence-electron chi connectivity index (χ4n) is 2.45. The lowest BCUT2D eigenvalue weighted by molar-refractivity contribution is 0.0761. The number of hydrogen-bond acceptors (Lipinski definition) is 3. The van der Waals surface area contributed by atoms with E-state index in [4.69, 9.17) is 0 Å². The van der Waals surface area contributed by atoms with Crippen molar-refractivity contribution in [1.82, 2.24) is 9.88 Å². The molecule has 1 aromatic rings. The fourth-order valence-corrected chi connectivity index (χ4v) is 2.45. The average molecular weight is 248 g/mol. The summed E-state index contributed by atoms with van der Waals surface area (Å²) in [4.78, 5) is 18.5. The van der Waals surface area contributed by atoms with E-state index in [1.54, 1.807) is 6.92 Å². The van der Waals surface area contributed by atoms with Crippen molar-refractivity contribution < 1.29 is 9.90 Å². The number of likely N-dealkylation sites (tertiary alicyclic amines) is 1. The Morgan fingerprint density at radius 2 is 2.22 bits per heavy atom. The molecular weight excluding hydrogens is 228 g/mol. The quantitative estimate of drug-likeness (QED) is 0.863. The maximum atomic E-state index is 12.4. The van der Waals surface area contributed by atoms with Crippen LogP contribution in [0.25, 0.3) is 0 Å². The van der Waals surface area contributed by atoms with Crippen LogP contribution in [0.15, 0.2) is 12.1 Å². The number of amides is 1. The topological polar surface area (TPSA) is 53.4 Å². The molecule has 98 valence electrons. The van der Waals surface area contributed by atoms with Crippen molar-refractivity contribution in [3.63, 3.8) is 0 Å². The van der Waals surface area contributed by atoms with Crippen LogP contribution in [-0.2, 0) is 0 Å². The number of aliphatic hydroxyl groups is 1. The van der Waals surface area contributed by atoms with Gasteiger partial charge in [-0.1, -0.05) is 0 Å². The molecule has 0 spiro atoms. The molecule has 4 heteroatoms. The summed E-state index contributed by atoms with van der Waals surface area (Å²) in [5.74, 6) is 0.232. The summed E-state index contributed by atoms with van der Waals surface area (Å²) in [6.45, 7) is 6.94. The molecule has 0 aromatic carbocycles. The van der Waals surface area contributed by atoms with Crippen molar-refractivity contribution in [2.24, 2.45) is 5.92 Å². The smallest absolute Gasteiger partial charge is 0.255 e. The van der Waals surface area contributed by atoms with Crippen LogP contribution in [0.3, 0.4) is 0 Å². The molecule has 1 aromatic heterocycles. The second kappa shape index (κ2) is 5.06. The first-order valence-corrected chi connectivity index (χ1v) is 6.40. The number of carbonyl (C=O) groups excluding carboxylic acids is 1. The highest BCUT2D eigenvalue weighted by molar-refractivity contribution is 5.95. The van der Waals surface area contributed by atoms with Gasteiger partial charge in [-0.25, -0.2) is 0 Å². The predicted molar refractivity (Wildman–Crippen MR) is 69.4 cm³/mol. The number of aliphatic hydroxyl groups excluding tert-OH is 1. The zero-order valence-corrected chi connectivity index (χ0v) is 11.2. The fraction of sp³-hybridized carbons (Fsp3) is 0.571. The van der Waals surface area contributed by atoms with Gasteiger partial charge in [0.25, 0.3) is 5.91 Å². The zero-order chi connectivity index (χ0) is 13.3. The summed E-state index contributed by atoms with van der Waals surface area (Å²) in [6, 6.07) is 3.71. The molecule has 4 nitrogen and oxygen atoms in total. The average Bonchev–Trinajstić information content (AvgIpc) is 2.77. The highest BCUT2D eigenvalue weighted by Gasteiger charge is 2.30. The van der Waals surface area contributed by atoms with E-state index in [0.29, 0.717) is 12.1 Å². The number of rotatable bonds is 2. The molecule has 0 aliphatic carbocycles. The Kier molecular flexibility index (Phi) is 3.66. The summed E-state index contributed by atoms with van der Waals surface area (Å²) in [5.41, 5.74) is 2.37. The van der Waals surface area contributed by atoms with E-state index in [9.17, 15) is 9.90 Å². The Morgan fingerprint density at radius 3 is 2.78 bits per heavy atom. The number of hydrogen-bond donors (Lipinski definition) is 1. The zero-order valence-electron chi connectivity index (χ0n) is 11.2. The van der Waals surface area contributed by atoms with E-state index in [0.717, 1.165) is 24.4 Å². The number of pyridine rings is 1. The second-order valence-electron chi connectivity index (χ2n) is 5.13. The van der Waals surface area contributed by atoms with E-state index >= 15 is 0 Å². The van der Waals surface area contributed by atoms with Crippen LogP contribution >= 0.6 is 0 Å². The maximum absolute atomic E-state index is 12.4. The summed E-state index contributed by atoms with van der Waals surface area (Å²) in [7, 11) is 0. The predicted octanol–water partition coefficient (Wildman–Crippen LogP) is 1.54. The van der Waals surface area contributed by atoms with Gasteiger partial charge in [0.1, 0.15) is 0 Å². The Hall–Kier alpha value is -1.42. The van der Waals surface area contributed by atoms with Crippen molar-refractivity contribution in [1.29, 1.82) is 0 Å². The SMILES string of the molecule is Cc1ccc(C(=O)N2CCC(C(C)O)C2)c(C)n1. The van der Waals surface area contributed by atoms with Crippen LogP contribution in [0.4, 0.5) is 0 Å². The molecule has 1 aliphatic heterocycles. The first-order valence-electron chi connectivity index (χ1n) is 6.40. The van der Waals surface area contributed by atoms with Gasteiger partial charge in [-0.05, 0) is 39.3 Å². The summed E-state index contributed by atoms with van der Waals surface area (Å²) < 4.78 is 0. The molecule has 1 fully saturated rings. The van der Waals surface area contributed by atoms with Crippen LogP contribution < -0.4 is 0 Å². The van der Waals surface area contributed by atoms with E-state index in [1.807, 2.05) is 30.9 Å². The lowest BCUT2D eigenvalue weighted by Crippen LogP contribution is -2.31. The molecule has 1 N–H and O–H groups in total. The molecule has 2 heterocycles. The van der Waals surface area contributed by atoms with E-state index in [2.05, 4.69) is 4.98 Å². The minimum absolute atomic E-state index is 0.0307. The molecule has 18 heavy (non-hydrogen) atoms. The first kappa shape index (κ1) is 13.0. The summed E-state index contributed by atoms with van der Waals surface area (Å²) >= 11 is 0. The van der Waals surface area contributed by atoms with Crippen molar-refractivity contribution in [2.45, 2.75) is 33.3 Å². The second-order valence-corrected chi connectivity index (χ2v) is 5.13. The lowest BCUT2D eigenvalue weighted by atomic mass is 10.0. The lowest BCUT2D eigenvalue weighted by Gasteiger charge is -2.18. The van der Waals surface area contributed by atoms with Crippen LogP contribution in [0, 0.1) is 19.8 Å². The maximum Gasteiger partial charge on any atom is 0.255 e. The van der Waals surface area contributed by atoms with Crippen molar-refractivity contribution in [2.75, 3.05) is 13.1 Å². The third-order valence-corrected chi connectivity index (χ3v) is 3.65. The van der Waals surface area contributed by atoms with Gasteiger partial charge in [0.15, 0.2) is 0 Å². The van der Waals surface area contributed by atoms with Crippen molar-refractivity contribution >= 4 is 5.91 Å². The molecule has 0 saturated carbocycles. The van der Waals surface area contributed by atoms with Gasteiger partial charge in [-0.15, -0.1) is 0 Å². The molecule has 2 rings (SSSR count). The van der Waals surface area contributed by atoms with E-state index in [-0.39, 0.29) is 17.9 Å². The Balaban J connectivity index is 2.13. The van der Waals surface area contributed by atoms with Crippen molar-refractivity contribution in [3.8, 4) is 0 Å². The van der Waals surface area contributed by atoms with Crippen LogP contribution in [0.2, 0.25) is 0 Å². The number of nitrogens with zero attached hydrogens (tertiary/aromatic N) is 2. The van der Waals surface area contributed by atoms with Gasteiger partial charge in [-0.3, -0.25) is 9.78 Å². The number of aromatic nitrogens is 1. The molecule has 0 bridgehead atoms. The Labute approximate surface area is 108 Å². The largest absolute Gasteiger partial charge is 0.393 e. The summed E-state index contributed by atoms with van der Waals surface area (Å²) in [6.07, 6.45) is 0.530. The van der Waals surface area contributed by atoms with E-state index in [1.165, 1.54) is 0 Å².